The lowest BCUT2D eigenvalue weighted by Gasteiger charge is -2.40. The molecule has 75 heavy (non-hydrogen) atoms. The highest BCUT2D eigenvalue weighted by atomic mass is 16.6. The Balaban J connectivity index is 0.000000163. The highest BCUT2D eigenvalue weighted by Crippen LogP contribution is 2.40. The van der Waals surface area contributed by atoms with Crippen molar-refractivity contribution in [3.63, 3.8) is 0 Å². The van der Waals surface area contributed by atoms with Gasteiger partial charge in [-0.05, 0) is 100 Å². The SMILES string of the molecule is CC(C)(C)CC(=O)OC1CCN(c2ccncc2N)CC1.CC(C)(C)OC(=O)N1CCN(c2ccncc2N)CC1.COCCC1CCN(c2ccncc2N)CC1.Nc1cnccc1N1CCC(C2CCC2)CC1. The zero-order valence-corrected chi connectivity index (χ0v) is 46.2. The first kappa shape index (κ1) is 58.0. The molecular weight excluding hydrogens is 947 g/mol. The number of hydrogen-bond donors (Lipinski definition) is 4. The lowest BCUT2D eigenvalue weighted by atomic mass is 9.72. The second-order valence-electron chi connectivity index (χ2n) is 22.8. The van der Waals surface area contributed by atoms with Gasteiger partial charge in [0.1, 0.15) is 11.7 Å². The summed E-state index contributed by atoms with van der Waals surface area (Å²) in [5.74, 6) is 2.72. The summed E-state index contributed by atoms with van der Waals surface area (Å²) in [6.07, 6.45) is 26.6. The first-order valence-corrected chi connectivity index (χ1v) is 27.3. The maximum Gasteiger partial charge on any atom is 0.410 e. The fourth-order valence-corrected chi connectivity index (χ4v) is 10.4. The number of piperidine rings is 3. The van der Waals surface area contributed by atoms with Gasteiger partial charge in [-0.15, -0.1) is 0 Å². The molecule has 4 aromatic rings. The van der Waals surface area contributed by atoms with Crippen LogP contribution in [-0.4, -0.2) is 128 Å². The molecule has 4 aliphatic heterocycles. The molecule has 4 saturated heterocycles. The van der Waals surface area contributed by atoms with E-state index in [0.29, 0.717) is 30.9 Å². The number of piperazine rings is 1. The Labute approximate surface area is 447 Å². The summed E-state index contributed by atoms with van der Waals surface area (Å²) in [5.41, 5.74) is 30.6. The number of anilines is 8. The van der Waals surface area contributed by atoms with Crippen LogP contribution in [0.1, 0.15) is 112 Å². The number of hydrogen-bond acceptors (Lipinski definition) is 17. The van der Waals surface area contributed by atoms with Gasteiger partial charge in [-0.2, -0.15) is 0 Å². The summed E-state index contributed by atoms with van der Waals surface area (Å²) >= 11 is 0. The van der Waals surface area contributed by atoms with Crippen LogP contribution in [0, 0.1) is 23.2 Å². The molecule has 0 aromatic carbocycles. The van der Waals surface area contributed by atoms with E-state index in [1.807, 2.05) is 78.2 Å². The first-order valence-electron chi connectivity index (χ1n) is 27.3. The zero-order chi connectivity index (χ0) is 54.0. The van der Waals surface area contributed by atoms with E-state index in [-0.39, 0.29) is 23.6 Å². The van der Waals surface area contributed by atoms with Crippen molar-refractivity contribution in [1.29, 1.82) is 0 Å². The molecule has 4 aromatic heterocycles. The molecule has 1 saturated carbocycles. The molecule has 412 valence electrons. The van der Waals surface area contributed by atoms with Gasteiger partial charge in [0.15, 0.2) is 0 Å². The molecule has 1 amide bonds. The fraction of sp³-hybridized carbons (Fsp3) is 0.614. The molecule has 0 atom stereocenters. The van der Waals surface area contributed by atoms with Crippen LogP contribution in [0.25, 0.3) is 0 Å². The van der Waals surface area contributed by atoms with Gasteiger partial charge in [-0.3, -0.25) is 24.7 Å². The van der Waals surface area contributed by atoms with Crippen molar-refractivity contribution in [2.75, 3.05) is 122 Å². The lowest BCUT2D eigenvalue weighted by molar-refractivity contribution is -0.152. The number of rotatable bonds is 10. The van der Waals surface area contributed by atoms with Crippen molar-refractivity contribution in [1.82, 2.24) is 24.8 Å². The smallest absolute Gasteiger partial charge is 0.410 e. The number of methoxy groups -OCH3 is 1. The largest absolute Gasteiger partial charge is 0.462 e. The van der Waals surface area contributed by atoms with Crippen LogP contribution in [-0.2, 0) is 19.0 Å². The first-order chi connectivity index (χ1) is 35.9. The molecule has 18 nitrogen and oxygen atoms in total. The molecule has 5 fully saturated rings. The Morgan fingerprint density at radius 1 is 0.547 bits per heavy atom. The van der Waals surface area contributed by atoms with Crippen LogP contribution in [0.3, 0.4) is 0 Å². The molecule has 8 heterocycles. The molecule has 5 aliphatic rings. The van der Waals surface area contributed by atoms with E-state index in [0.717, 1.165) is 118 Å². The Hall–Kier alpha value is -6.30. The Bertz CT molecular complexity index is 2340. The molecule has 1 aliphatic carbocycles. The topological polar surface area (TPSA) is 234 Å². The maximum absolute atomic E-state index is 12.0. The zero-order valence-electron chi connectivity index (χ0n) is 46.2. The fourth-order valence-electron chi connectivity index (χ4n) is 10.4. The summed E-state index contributed by atoms with van der Waals surface area (Å²) < 4.78 is 16.1. The third-order valence-electron chi connectivity index (χ3n) is 14.7. The standard InChI is InChI=1S/C16H25N3O2.C14H22N4O2.C14H21N3.C13H21N3O/c1-16(2,3)10-15(20)21-12-5-8-19(9-6-12)14-4-7-18-11-13(14)17;1-14(2,3)20-13(19)18-8-6-17(7-9-18)12-4-5-16-10-11(12)15;15-13-10-16-7-4-14(13)17-8-5-12(6-9-17)11-2-1-3-11;1-17-9-5-11-3-7-16(8-4-11)13-2-6-15-10-12(13)14/h4,7,11-12H,5-6,8-10,17H2,1-3H3;4-5,10H,6-9,15H2,1-3H3;4,7,10-12H,1-3,5-6,8-9,15H2;2,6,10-11H,3-5,7-9,14H2,1H3. The van der Waals surface area contributed by atoms with Crippen LogP contribution < -0.4 is 42.5 Å². The number of amides is 1. The number of pyridine rings is 4. The van der Waals surface area contributed by atoms with Gasteiger partial charge < -0.3 is 61.6 Å². The van der Waals surface area contributed by atoms with Gasteiger partial charge in [-0.25, -0.2) is 4.79 Å². The van der Waals surface area contributed by atoms with E-state index in [9.17, 15) is 9.59 Å². The molecular formula is C57H89N13O5. The maximum atomic E-state index is 12.0. The minimum Gasteiger partial charge on any atom is -0.462 e. The molecule has 0 radical (unpaired) electrons. The third-order valence-corrected chi connectivity index (χ3v) is 14.7. The van der Waals surface area contributed by atoms with E-state index in [2.05, 4.69) is 39.5 Å². The number of aromatic nitrogens is 4. The summed E-state index contributed by atoms with van der Waals surface area (Å²) in [7, 11) is 1.77. The van der Waals surface area contributed by atoms with E-state index in [4.69, 9.17) is 37.1 Å². The Morgan fingerprint density at radius 2 is 0.933 bits per heavy atom. The lowest BCUT2D eigenvalue weighted by Crippen LogP contribution is -2.50. The minimum absolute atomic E-state index is 0.0245. The Morgan fingerprint density at radius 3 is 1.29 bits per heavy atom. The van der Waals surface area contributed by atoms with E-state index < -0.39 is 5.60 Å². The van der Waals surface area contributed by atoms with Crippen LogP contribution in [0.4, 0.5) is 50.3 Å². The van der Waals surface area contributed by atoms with Crippen LogP contribution in [0.2, 0.25) is 0 Å². The van der Waals surface area contributed by atoms with Gasteiger partial charge >= 0.3 is 12.1 Å². The van der Waals surface area contributed by atoms with Gasteiger partial charge in [0, 0.05) is 117 Å². The van der Waals surface area contributed by atoms with Gasteiger partial charge in [0.05, 0.1) is 76.7 Å². The second-order valence-corrected chi connectivity index (χ2v) is 22.8. The second kappa shape index (κ2) is 28.0. The summed E-state index contributed by atoms with van der Waals surface area (Å²) in [6.45, 7) is 21.6. The number of ether oxygens (including phenoxy) is 3. The number of carbonyl (C=O) groups excluding carboxylic acids is 2. The van der Waals surface area contributed by atoms with Crippen molar-refractivity contribution < 1.29 is 23.8 Å². The van der Waals surface area contributed by atoms with E-state index in [1.165, 1.54) is 57.1 Å². The molecule has 8 N–H and O–H groups in total. The average Bonchev–Trinajstić information content (AvgIpc) is 3.36. The highest BCUT2D eigenvalue weighted by molar-refractivity contribution is 5.71. The number of nitrogens with two attached hydrogens (primary N) is 4. The molecule has 0 spiro atoms. The highest BCUT2D eigenvalue weighted by Gasteiger charge is 2.31. The van der Waals surface area contributed by atoms with Crippen molar-refractivity contribution in [2.45, 2.75) is 124 Å². The van der Waals surface area contributed by atoms with E-state index >= 15 is 0 Å². The Kier molecular flexibility index (Phi) is 21.6. The third kappa shape index (κ3) is 18.5. The van der Waals surface area contributed by atoms with Crippen LogP contribution >= 0.6 is 0 Å². The van der Waals surface area contributed by atoms with Crippen molar-refractivity contribution in [3.05, 3.63) is 73.8 Å². The molecule has 9 rings (SSSR count). The number of nitrogens with zero attached hydrogens (tertiary/aromatic N) is 9. The summed E-state index contributed by atoms with van der Waals surface area (Å²) in [6, 6.07) is 7.88. The van der Waals surface area contributed by atoms with Crippen LogP contribution in [0.5, 0.6) is 0 Å². The monoisotopic (exact) mass is 1040 g/mol. The van der Waals surface area contributed by atoms with Crippen molar-refractivity contribution in [2.24, 2.45) is 23.2 Å². The molecule has 0 bridgehead atoms. The molecule has 0 unspecified atom stereocenters. The normalized spacial score (nSPS) is 18.0. The predicted octanol–water partition coefficient (Wildman–Crippen LogP) is 8.93. The number of nitrogen functional groups attached to an aromatic ring is 4. The van der Waals surface area contributed by atoms with Gasteiger partial charge in [0.25, 0.3) is 0 Å². The minimum atomic E-state index is -0.455. The van der Waals surface area contributed by atoms with Crippen molar-refractivity contribution >= 4 is 57.6 Å². The van der Waals surface area contributed by atoms with E-state index in [1.54, 1.807) is 49.2 Å². The van der Waals surface area contributed by atoms with Crippen LogP contribution in [0.15, 0.2) is 73.8 Å². The number of esters is 1. The average molecular weight is 1040 g/mol. The summed E-state index contributed by atoms with van der Waals surface area (Å²) in [4.78, 5) is 50.8. The summed E-state index contributed by atoms with van der Waals surface area (Å²) in [5, 5.41) is 0. The molecule has 18 heteroatoms. The van der Waals surface area contributed by atoms with Gasteiger partial charge in [-0.1, -0.05) is 40.0 Å². The predicted molar refractivity (Wildman–Crippen MR) is 304 cm³/mol. The van der Waals surface area contributed by atoms with Gasteiger partial charge in [0.2, 0.25) is 0 Å². The quantitative estimate of drug-likeness (QED) is 0.109. The number of carbonyl (C=O) groups is 2. The van der Waals surface area contributed by atoms with Crippen molar-refractivity contribution in [3.8, 4) is 0 Å².